The van der Waals surface area contributed by atoms with Crippen molar-refractivity contribution in [3.63, 3.8) is 0 Å². The Morgan fingerprint density at radius 1 is 1.20 bits per heavy atom. The van der Waals surface area contributed by atoms with E-state index in [9.17, 15) is 5.11 Å². The molecule has 1 fully saturated rings. The molecule has 0 saturated heterocycles. The van der Waals surface area contributed by atoms with E-state index < -0.39 is 8.07 Å². The van der Waals surface area contributed by atoms with Crippen molar-refractivity contribution in [2.45, 2.75) is 63.4 Å². The van der Waals surface area contributed by atoms with Gasteiger partial charge in [0.15, 0.2) is 0 Å². The SMILES string of the molecule is C=C(C)[C@H]1C[C@@H](O)[C@H](C)[C@H]([Si](C)(C)C2C=CCC=C2)C1. The van der Waals surface area contributed by atoms with E-state index >= 15 is 0 Å². The number of aliphatic hydroxyl groups is 1. The van der Waals surface area contributed by atoms with Gasteiger partial charge in [-0.1, -0.05) is 56.5 Å². The fourth-order valence-electron chi connectivity index (χ4n) is 4.11. The molecule has 2 rings (SSSR count). The molecule has 0 bridgehead atoms. The van der Waals surface area contributed by atoms with Crippen LogP contribution in [0.3, 0.4) is 0 Å². The first-order chi connectivity index (χ1) is 9.34. The lowest BCUT2D eigenvalue weighted by atomic mass is 9.77. The Morgan fingerprint density at radius 2 is 1.80 bits per heavy atom. The van der Waals surface area contributed by atoms with Crippen LogP contribution in [0.25, 0.3) is 0 Å². The van der Waals surface area contributed by atoms with Gasteiger partial charge in [0.05, 0.1) is 14.2 Å². The molecule has 0 spiro atoms. The molecule has 0 unspecified atom stereocenters. The van der Waals surface area contributed by atoms with Gasteiger partial charge in [0.1, 0.15) is 0 Å². The van der Waals surface area contributed by atoms with Crippen LogP contribution in [-0.4, -0.2) is 19.3 Å². The fourth-order valence-corrected chi connectivity index (χ4v) is 8.34. The Hall–Kier alpha value is -0.603. The summed E-state index contributed by atoms with van der Waals surface area (Å²) in [5, 5.41) is 10.5. The summed E-state index contributed by atoms with van der Waals surface area (Å²) in [6.45, 7) is 13.5. The highest BCUT2D eigenvalue weighted by molar-refractivity contribution is 6.81. The van der Waals surface area contributed by atoms with Crippen molar-refractivity contribution < 1.29 is 5.11 Å². The molecule has 2 aliphatic rings. The molecule has 0 amide bonds. The Kier molecular flexibility index (Phi) is 4.75. The molecule has 0 radical (unpaired) electrons. The van der Waals surface area contributed by atoms with Crippen molar-refractivity contribution in [3.05, 3.63) is 36.5 Å². The number of hydrogen-bond donors (Lipinski definition) is 1. The summed E-state index contributed by atoms with van der Waals surface area (Å²) in [5.41, 5.74) is 2.55. The lowest BCUT2D eigenvalue weighted by Crippen LogP contribution is -2.47. The summed E-state index contributed by atoms with van der Waals surface area (Å²) in [6, 6.07) is 0. The average molecular weight is 291 g/mol. The Balaban J connectivity index is 2.23. The third-order valence-corrected chi connectivity index (χ3v) is 10.6. The van der Waals surface area contributed by atoms with Crippen molar-refractivity contribution in [3.8, 4) is 0 Å². The Bertz CT molecular complexity index is 409. The number of hydrogen-bond acceptors (Lipinski definition) is 1. The van der Waals surface area contributed by atoms with Gasteiger partial charge in [-0.05, 0) is 49.1 Å². The van der Waals surface area contributed by atoms with Crippen LogP contribution in [0.1, 0.15) is 33.1 Å². The summed E-state index contributed by atoms with van der Waals surface area (Å²) >= 11 is 0. The second kappa shape index (κ2) is 6.03. The van der Waals surface area contributed by atoms with E-state index in [0.29, 0.717) is 22.9 Å². The standard InChI is InChI=1S/C18H30OSi/c1-13(2)15-11-17(19)14(3)18(12-15)20(4,5)16-9-7-6-8-10-16/h7-10,14-19H,1,6,11-12H2,2-5H3/t14-,15-,17+,18+/m0/s1. The van der Waals surface area contributed by atoms with Gasteiger partial charge in [-0.2, -0.15) is 0 Å². The predicted octanol–water partition coefficient (Wildman–Crippen LogP) is 4.93. The van der Waals surface area contributed by atoms with Crippen LogP contribution in [0.2, 0.25) is 24.2 Å². The smallest absolute Gasteiger partial charge is 0.0622 e. The van der Waals surface area contributed by atoms with E-state index in [4.69, 9.17) is 0 Å². The van der Waals surface area contributed by atoms with E-state index in [1.807, 2.05) is 0 Å². The highest BCUT2D eigenvalue weighted by Crippen LogP contribution is 2.50. The van der Waals surface area contributed by atoms with Crippen LogP contribution in [0.15, 0.2) is 36.5 Å². The molecule has 112 valence electrons. The highest BCUT2D eigenvalue weighted by atomic mass is 28.3. The van der Waals surface area contributed by atoms with E-state index in [-0.39, 0.29) is 6.10 Å². The molecule has 1 saturated carbocycles. The van der Waals surface area contributed by atoms with E-state index in [1.54, 1.807) is 0 Å². The van der Waals surface area contributed by atoms with Gasteiger partial charge in [-0.3, -0.25) is 0 Å². The van der Waals surface area contributed by atoms with Crippen LogP contribution < -0.4 is 0 Å². The molecular weight excluding hydrogens is 260 g/mol. The molecule has 0 aromatic heterocycles. The average Bonchev–Trinajstić information content (AvgIpc) is 2.42. The molecule has 20 heavy (non-hydrogen) atoms. The first-order valence-corrected chi connectivity index (χ1v) is 11.2. The Morgan fingerprint density at radius 3 is 2.35 bits per heavy atom. The van der Waals surface area contributed by atoms with Crippen LogP contribution in [0, 0.1) is 11.8 Å². The summed E-state index contributed by atoms with van der Waals surface area (Å²) < 4.78 is 0. The zero-order valence-corrected chi connectivity index (χ0v) is 14.5. The quantitative estimate of drug-likeness (QED) is 0.577. The van der Waals surface area contributed by atoms with Crippen molar-refractivity contribution >= 4 is 8.07 Å². The normalized spacial score (nSPS) is 35.2. The monoisotopic (exact) mass is 290 g/mol. The van der Waals surface area contributed by atoms with Gasteiger partial charge >= 0.3 is 0 Å². The second-order valence-corrected chi connectivity index (χ2v) is 12.5. The van der Waals surface area contributed by atoms with Gasteiger partial charge in [0, 0.05) is 0 Å². The third kappa shape index (κ3) is 3.01. The highest BCUT2D eigenvalue weighted by Gasteiger charge is 2.45. The van der Waals surface area contributed by atoms with Crippen LogP contribution >= 0.6 is 0 Å². The van der Waals surface area contributed by atoms with Gasteiger partial charge in [-0.25, -0.2) is 0 Å². The fraction of sp³-hybridized carbons (Fsp3) is 0.667. The molecule has 1 nitrogen and oxygen atoms in total. The third-order valence-electron chi connectivity index (χ3n) is 5.78. The van der Waals surface area contributed by atoms with Gasteiger partial charge in [0.2, 0.25) is 0 Å². The van der Waals surface area contributed by atoms with E-state index in [2.05, 4.69) is 57.8 Å². The minimum absolute atomic E-state index is 0.154. The molecule has 0 aromatic rings. The maximum absolute atomic E-state index is 10.5. The minimum atomic E-state index is -1.47. The zero-order chi connectivity index (χ0) is 14.9. The number of aliphatic hydroxyl groups excluding tert-OH is 1. The maximum Gasteiger partial charge on any atom is 0.0622 e. The summed E-state index contributed by atoms with van der Waals surface area (Å²) in [7, 11) is -1.47. The summed E-state index contributed by atoms with van der Waals surface area (Å²) in [4.78, 5) is 0. The number of rotatable bonds is 3. The largest absolute Gasteiger partial charge is 0.393 e. The summed E-state index contributed by atoms with van der Waals surface area (Å²) in [5.74, 6) is 0.936. The molecule has 0 aromatic carbocycles. The topological polar surface area (TPSA) is 20.2 Å². The molecule has 1 N–H and O–H groups in total. The molecule has 0 heterocycles. The molecule has 0 aliphatic heterocycles. The lowest BCUT2D eigenvalue weighted by Gasteiger charge is -2.47. The Labute approximate surface area is 125 Å². The first kappa shape index (κ1) is 15.8. The first-order valence-electron chi connectivity index (χ1n) is 8.00. The van der Waals surface area contributed by atoms with Gasteiger partial charge in [0.25, 0.3) is 0 Å². The van der Waals surface area contributed by atoms with Crippen LogP contribution in [0.5, 0.6) is 0 Å². The molecule has 2 aliphatic carbocycles. The van der Waals surface area contributed by atoms with Crippen molar-refractivity contribution in [2.24, 2.45) is 11.8 Å². The number of allylic oxidation sites excluding steroid dienone is 5. The van der Waals surface area contributed by atoms with E-state index in [0.717, 1.165) is 12.8 Å². The van der Waals surface area contributed by atoms with Crippen molar-refractivity contribution in [1.82, 2.24) is 0 Å². The predicted molar refractivity (Wildman–Crippen MR) is 90.6 cm³/mol. The van der Waals surface area contributed by atoms with Crippen LogP contribution in [0.4, 0.5) is 0 Å². The second-order valence-electron chi connectivity index (χ2n) is 7.49. The summed E-state index contributed by atoms with van der Waals surface area (Å²) in [6.07, 6.45) is 12.5. The molecule has 2 heteroatoms. The molecule has 4 atom stereocenters. The van der Waals surface area contributed by atoms with Crippen molar-refractivity contribution in [2.75, 3.05) is 0 Å². The molecular formula is C18H30OSi. The van der Waals surface area contributed by atoms with Crippen molar-refractivity contribution in [1.29, 1.82) is 0 Å². The van der Waals surface area contributed by atoms with Gasteiger partial charge < -0.3 is 5.11 Å². The maximum atomic E-state index is 10.5. The van der Waals surface area contributed by atoms with Gasteiger partial charge in [-0.15, -0.1) is 0 Å². The minimum Gasteiger partial charge on any atom is -0.393 e. The zero-order valence-electron chi connectivity index (χ0n) is 13.5. The van der Waals surface area contributed by atoms with Crippen LogP contribution in [-0.2, 0) is 0 Å². The lowest BCUT2D eigenvalue weighted by molar-refractivity contribution is 0.0597. The van der Waals surface area contributed by atoms with E-state index in [1.165, 1.54) is 12.0 Å².